The van der Waals surface area contributed by atoms with Crippen molar-refractivity contribution in [3.05, 3.63) is 29.6 Å². The number of pyridine rings is 1. The Morgan fingerprint density at radius 1 is 0.651 bits per heavy atom. The third-order valence-electron chi connectivity index (χ3n) is 6.58. The molecule has 43 heavy (non-hydrogen) atoms. The molecular formula is C26H48DyN4O9P3. The van der Waals surface area contributed by atoms with Crippen LogP contribution in [0.2, 0.25) is 0 Å². The van der Waals surface area contributed by atoms with Gasteiger partial charge < -0.3 is 41.9 Å². The number of unbranched alkanes of at least 4 members (excludes halogenated alkanes) is 3. The Balaban J connectivity index is 0.00000924. The molecule has 0 saturated heterocycles. The van der Waals surface area contributed by atoms with E-state index in [2.05, 4.69) is 4.98 Å². The van der Waals surface area contributed by atoms with Crippen LogP contribution in [0.25, 0.3) is 0 Å². The average molecular weight is 816 g/mol. The molecule has 3 unspecified atom stereocenters. The van der Waals surface area contributed by atoms with Gasteiger partial charge >= 0.3 is 38.2 Å². The number of fused-ring (bicyclic) bond motifs is 2. The average Bonchev–Trinajstić information content (AvgIpc) is 2.89. The molecule has 2 bridgehead atoms. The second-order valence-electron chi connectivity index (χ2n) is 10.7. The second kappa shape index (κ2) is 21.6. The van der Waals surface area contributed by atoms with E-state index in [1.165, 1.54) is 0 Å². The van der Waals surface area contributed by atoms with Crippen LogP contribution in [0.5, 0.6) is 0 Å². The Morgan fingerprint density at radius 3 is 1.33 bits per heavy atom. The summed E-state index contributed by atoms with van der Waals surface area (Å²) in [5.74, 6) is 0. The molecule has 251 valence electrons. The first-order valence-corrected chi connectivity index (χ1v) is 20.0. The first kappa shape index (κ1) is 41.8. The third kappa shape index (κ3) is 18.6. The minimum Gasteiger partial charge on any atom is -0.778 e. The molecule has 0 amide bonds. The molecule has 13 nitrogen and oxygen atoms in total. The first-order chi connectivity index (χ1) is 19.9. The fourth-order valence-corrected chi connectivity index (χ4v) is 7.99. The van der Waals surface area contributed by atoms with E-state index in [0.29, 0.717) is 30.7 Å². The second-order valence-corrected chi connectivity index (χ2v) is 15.9. The largest absolute Gasteiger partial charge is 3.00 e. The molecule has 0 saturated carbocycles. The smallest absolute Gasteiger partial charge is 0.778 e. The molecule has 0 N–H and O–H groups in total. The molecule has 17 heteroatoms. The normalized spacial score (nSPS) is 20.1. The minimum atomic E-state index is -4.24. The molecule has 0 spiro atoms. The number of hydrogen-bond acceptors (Lipinski definition) is 13. The van der Waals surface area contributed by atoms with Gasteiger partial charge in [0.2, 0.25) is 0 Å². The van der Waals surface area contributed by atoms with Gasteiger partial charge in [-0.05, 0) is 31.4 Å². The summed E-state index contributed by atoms with van der Waals surface area (Å²) in [4.78, 5) is 48.0. The van der Waals surface area contributed by atoms with E-state index in [4.69, 9.17) is 13.6 Å². The Kier molecular flexibility index (Phi) is 21.0. The van der Waals surface area contributed by atoms with Crippen LogP contribution in [-0.2, 0) is 40.4 Å². The van der Waals surface area contributed by atoms with Crippen LogP contribution in [0.4, 0.5) is 0 Å². The Labute approximate surface area is 287 Å². The van der Waals surface area contributed by atoms with Gasteiger partial charge in [0.25, 0.3) is 0 Å². The monoisotopic (exact) mass is 817 g/mol. The van der Waals surface area contributed by atoms with Gasteiger partial charge in [-0.2, -0.15) is 0 Å². The van der Waals surface area contributed by atoms with E-state index >= 15 is 0 Å². The maximum absolute atomic E-state index is 12.8. The Hall–Kier alpha value is 0.753. The number of hydrogen-bond donors (Lipinski definition) is 0. The van der Waals surface area contributed by atoms with Crippen molar-refractivity contribution in [2.24, 2.45) is 0 Å². The van der Waals surface area contributed by atoms with E-state index in [1.54, 1.807) is 32.9 Å². The van der Waals surface area contributed by atoms with Crippen molar-refractivity contribution < 1.29 is 80.1 Å². The maximum atomic E-state index is 12.8. The summed E-state index contributed by atoms with van der Waals surface area (Å²) in [5, 5.41) is 0. The molecule has 2 rings (SSSR count). The fraction of sp³-hybridized carbons (Fsp3) is 0.808. The predicted octanol–water partition coefficient (Wildman–Crippen LogP) is 2.98. The summed E-state index contributed by atoms with van der Waals surface area (Å²) >= 11 is 0. The van der Waals surface area contributed by atoms with Crippen LogP contribution in [-0.4, -0.2) is 84.5 Å². The van der Waals surface area contributed by atoms with Crippen molar-refractivity contribution in [2.75, 3.05) is 64.9 Å². The van der Waals surface area contributed by atoms with Gasteiger partial charge in [0.05, 0.1) is 50.1 Å². The zero-order valence-corrected chi connectivity index (χ0v) is 30.3. The summed E-state index contributed by atoms with van der Waals surface area (Å²) in [7, 11) is -12.6. The zero-order chi connectivity index (χ0) is 31.1. The van der Waals surface area contributed by atoms with E-state index in [1.807, 2.05) is 20.8 Å². The van der Waals surface area contributed by atoms with E-state index in [-0.39, 0.29) is 116 Å². The fourth-order valence-electron chi connectivity index (χ4n) is 4.28. The van der Waals surface area contributed by atoms with Crippen LogP contribution in [0.1, 0.15) is 70.7 Å². The van der Waals surface area contributed by atoms with E-state index < -0.39 is 22.8 Å². The molecule has 0 aromatic carbocycles. The van der Waals surface area contributed by atoms with Gasteiger partial charge in [0.15, 0.2) is 0 Å². The van der Waals surface area contributed by atoms with Crippen LogP contribution in [0.3, 0.4) is 0 Å². The van der Waals surface area contributed by atoms with Crippen molar-refractivity contribution in [2.45, 2.75) is 72.4 Å². The van der Waals surface area contributed by atoms with Gasteiger partial charge in [0, 0.05) is 39.3 Å². The van der Waals surface area contributed by atoms with Crippen molar-refractivity contribution in [1.29, 1.82) is 0 Å². The van der Waals surface area contributed by atoms with Crippen LogP contribution in [0.15, 0.2) is 18.2 Å². The van der Waals surface area contributed by atoms with E-state index in [0.717, 1.165) is 19.3 Å². The molecule has 0 aliphatic carbocycles. The van der Waals surface area contributed by atoms with Crippen molar-refractivity contribution in [1.82, 2.24) is 19.7 Å². The van der Waals surface area contributed by atoms with E-state index in [9.17, 15) is 28.4 Å². The number of nitrogens with zero attached hydrogens (tertiary/aromatic N) is 4. The Morgan fingerprint density at radius 2 is 0.977 bits per heavy atom. The molecular weight excluding hydrogens is 768 g/mol. The van der Waals surface area contributed by atoms with Gasteiger partial charge in [-0.1, -0.05) is 46.1 Å². The molecule has 1 aromatic rings. The van der Waals surface area contributed by atoms with Gasteiger partial charge in [-0.3, -0.25) is 19.7 Å². The molecule has 1 radical (unpaired) electrons. The first-order valence-electron chi connectivity index (χ1n) is 14.8. The minimum absolute atomic E-state index is 0. The molecule has 0 fully saturated rings. The van der Waals surface area contributed by atoms with Crippen molar-refractivity contribution in [3.8, 4) is 0 Å². The van der Waals surface area contributed by atoms with Gasteiger partial charge in [-0.25, -0.2) is 0 Å². The standard InChI is InChI=1S/C26H51N4O9P3.Dy/c1-4-7-17-37-40(31,32)22-28-13-15-29(23-41(33,34)38-18-8-5-2)20-25-11-10-12-26(27-25)21-30(16-14-28)24-42(35,36)39-19-9-6-3;/h10-12H,4-9,13-24H2,1-3H3,(H,31,32)(H,33,34)(H,35,36);/q;+3/p-3. The van der Waals surface area contributed by atoms with Gasteiger partial charge in [-0.15, -0.1) is 0 Å². The summed E-state index contributed by atoms with van der Waals surface area (Å²) in [6, 6.07) is 5.35. The van der Waals surface area contributed by atoms with Crippen LogP contribution >= 0.6 is 22.8 Å². The molecule has 1 aliphatic heterocycles. The predicted molar refractivity (Wildman–Crippen MR) is 157 cm³/mol. The maximum Gasteiger partial charge on any atom is 3.00 e. The van der Waals surface area contributed by atoms with Crippen molar-refractivity contribution in [3.63, 3.8) is 0 Å². The van der Waals surface area contributed by atoms with Crippen molar-refractivity contribution >= 4 is 22.8 Å². The van der Waals surface area contributed by atoms with Gasteiger partial charge in [0.1, 0.15) is 22.8 Å². The molecule has 1 aliphatic rings. The Bertz CT molecular complexity index is 1010. The summed E-state index contributed by atoms with van der Waals surface area (Å²) in [5.41, 5.74) is 1.21. The summed E-state index contributed by atoms with van der Waals surface area (Å²) in [6.45, 7) is 7.34. The third-order valence-corrected chi connectivity index (χ3v) is 10.5. The van der Waals surface area contributed by atoms with Crippen LogP contribution in [0, 0.1) is 38.2 Å². The summed E-state index contributed by atoms with van der Waals surface area (Å²) < 4.78 is 53.9. The zero-order valence-electron chi connectivity index (χ0n) is 25.6. The number of rotatable bonds is 18. The number of aromatic nitrogens is 1. The quantitative estimate of drug-likeness (QED) is 0.157. The SMILES string of the molecule is CCCCOP(=O)([O-])CN1CCN(CP(=O)([O-])OCCCC)Cc2cccc(n2)CN(CP(=O)([O-])OCCCC)CC1.[Dy+3]. The topological polar surface area (TPSA) is 171 Å². The molecule has 3 atom stereocenters. The molecule has 1 aromatic heterocycles. The molecule has 2 heterocycles. The van der Waals surface area contributed by atoms with Crippen LogP contribution < -0.4 is 14.7 Å². The summed E-state index contributed by atoms with van der Waals surface area (Å²) in [6.07, 6.45) is 3.15.